The van der Waals surface area contributed by atoms with E-state index in [0.29, 0.717) is 26.1 Å². The molecule has 2 rings (SSSR count). The molecule has 1 aromatic rings. The van der Waals surface area contributed by atoms with Crippen LogP contribution in [0, 0.1) is 6.92 Å². The first-order valence-electron chi connectivity index (χ1n) is 5.33. The SMILES string of the molecule is C1OCOCO1.Cc1ccccc1OCC(=O)O. The van der Waals surface area contributed by atoms with Crippen LogP contribution in [-0.2, 0) is 19.0 Å². The van der Waals surface area contributed by atoms with Crippen molar-refractivity contribution in [2.75, 3.05) is 27.0 Å². The zero-order chi connectivity index (χ0) is 13.2. The summed E-state index contributed by atoms with van der Waals surface area (Å²) < 4.78 is 18.9. The molecule has 1 aliphatic rings. The summed E-state index contributed by atoms with van der Waals surface area (Å²) in [6.45, 7) is 2.71. The maximum atomic E-state index is 10.2. The van der Waals surface area contributed by atoms with E-state index < -0.39 is 5.97 Å². The third kappa shape index (κ3) is 6.19. The Morgan fingerprint density at radius 2 is 1.78 bits per heavy atom. The number of hydrogen-bond donors (Lipinski definition) is 1. The van der Waals surface area contributed by atoms with E-state index in [9.17, 15) is 4.79 Å². The zero-order valence-electron chi connectivity index (χ0n) is 10.1. The molecule has 0 saturated carbocycles. The molecule has 1 saturated heterocycles. The second kappa shape index (κ2) is 8.46. The Hall–Kier alpha value is -1.63. The minimum absolute atomic E-state index is 0.287. The van der Waals surface area contributed by atoms with Gasteiger partial charge in [0, 0.05) is 0 Å². The van der Waals surface area contributed by atoms with Crippen LogP contribution < -0.4 is 4.74 Å². The highest BCUT2D eigenvalue weighted by atomic mass is 16.8. The minimum Gasteiger partial charge on any atom is -0.482 e. The molecular formula is C12H16O6. The van der Waals surface area contributed by atoms with Gasteiger partial charge in [0.05, 0.1) is 0 Å². The molecule has 1 aromatic carbocycles. The Bertz CT molecular complexity index is 350. The lowest BCUT2D eigenvalue weighted by Crippen LogP contribution is -2.14. The molecule has 0 unspecified atom stereocenters. The zero-order valence-corrected chi connectivity index (χ0v) is 10.1. The maximum Gasteiger partial charge on any atom is 0.341 e. The highest BCUT2D eigenvalue weighted by molar-refractivity contribution is 5.68. The Labute approximate surface area is 105 Å². The standard InChI is InChI=1S/C9H10O3.C3H6O3/c1-7-4-2-3-5-8(7)12-6-9(10)11;1-4-2-6-3-5-1/h2-5H,6H2,1H3,(H,10,11);1-3H2. The first kappa shape index (κ1) is 14.4. The monoisotopic (exact) mass is 256 g/mol. The fourth-order valence-electron chi connectivity index (χ4n) is 1.14. The average molecular weight is 256 g/mol. The molecule has 1 fully saturated rings. The molecule has 0 aliphatic carbocycles. The van der Waals surface area contributed by atoms with Crippen LogP contribution >= 0.6 is 0 Å². The van der Waals surface area contributed by atoms with E-state index in [1.54, 1.807) is 6.07 Å². The number of rotatable bonds is 3. The molecule has 100 valence electrons. The van der Waals surface area contributed by atoms with Gasteiger partial charge < -0.3 is 24.1 Å². The van der Waals surface area contributed by atoms with Gasteiger partial charge in [0.1, 0.15) is 5.75 Å². The van der Waals surface area contributed by atoms with Crippen molar-refractivity contribution in [3.05, 3.63) is 29.8 Å². The van der Waals surface area contributed by atoms with E-state index in [4.69, 9.17) is 9.84 Å². The summed E-state index contributed by atoms with van der Waals surface area (Å²) in [6.07, 6.45) is 0. The molecule has 0 amide bonds. The molecular weight excluding hydrogens is 240 g/mol. The van der Waals surface area contributed by atoms with Crippen LogP contribution in [-0.4, -0.2) is 38.1 Å². The second-order valence-corrected chi connectivity index (χ2v) is 3.41. The van der Waals surface area contributed by atoms with E-state index in [2.05, 4.69) is 14.2 Å². The van der Waals surface area contributed by atoms with Crippen LogP contribution in [0.25, 0.3) is 0 Å². The van der Waals surface area contributed by atoms with Crippen molar-refractivity contribution < 1.29 is 28.8 Å². The number of aryl methyl sites for hydroxylation is 1. The predicted octanol–water partition coefficient (Wildman–Crippen LogP) is 1.38. The van der Waals surface area contributed by atoms with Gasteiger partial charge in [-0.15, -0.1) is 0 Å². The fourth-order valence-corrected chi connectivity index (χ4v) is 1.14. The Balaban J connectivity index is 0.000000225. The molecule has 0 bridgehead atoms. The third-order valence-electron chi connectivity index (χ3n) is 1.94. The Morgan fingerprint density at radius 1 is 1.22 bits per heavy atom. The van der Waals surface area contributed by atoms with Gasteiger partial charge in [-0.3, -0.25) is 0 Å². The second-order valence-electron chi connectivity index (χ2n) is 3.41. The van der Waals surface area contributed by atoms with E-state index in [-0.39, 0.29) is 6.61 Å². The molecule has 6 heteroatoms. The largest absolute Gasteiger partial charge is 0.482 e. The number of para-hydroxylation sites is 1. The van der Waals surface area contributed by atoms with Crippen molar-refractivity contribution in [2.45, 2.75) is 6.92 Å². The quantitative estimate of drug-likeness (QED) is 0.880. The van der Waals surface area contributed by atoms with Gasteiger partial charge in [-0.05, 0) is 18.6 Å². The third-order valence-corrected chi connectivity index (χ3v) is 1.94. The summed E-state index contributed by atoms with van der Waals surface area (Å²) in [5.41, 5.74) is 0.943. The summed E-state index contributed by atoms with van der Waals surface area (Å²) in [7, 11) is 0. The number of aliphatic carboxylic acids is 1. The van der Waals surface area contributed by atoms with Crippen LogP contribution in [0.4, 0.5) is 0 Å². The van der Waals surface area contributed by atoms with Gasteiger partial charge >= 0.3 is 5.97 Å². The summed E-state index contributed by atoms with van der Waals surface area (Å²) in [5, 5.41) is 8.34. The van der Waals surface area contributed by atoms with Crippen molar-refractivity contribution in [1.29, 1.82) is 0 Å². The van der Waals surface area contributed by atoms with Crippen molar-refractivity contribution >= 4 is 5.97 Å². The maximum absolute atomic E-state index is 10.2. The van der Waals surface area contributed by atoms with Gasteiger partial charge in [0.2, 0.25) is 0 Å². The summed E-state index contributed by atoms with van der Waals surface area (Å²) in [5.74, 6) is -0.335. The highest BCUT2D eigenvalue weighted by Gasteiger charge is 2.00. The fraction of sp³-hybridized carbons (Fsp3) is 0.417. The van der Waals surface area contributed by atoms with E-state index in [1.165, 1.54) is 0 Å². The van der Waals surface area contributed by atoms with Crippen LogP contribution in [0.2, 0.25) is 0 Å². The van der Waals surface area contributed by atoms with Crippen LogP contribution in [0.5, 0.6) is 5.75 Å². The van der Waals surface area contributed by atoms with Crippen molar-refractivity contribution in [1.82, 2.24) is 0 Å². The Kier molecular flexibility index (Phi) is 6.78. The summed E-state index contributed by atoms with van der Waals surface area (Å²) in [6, 6.07) is 7.31. The molecule has 18 heavy (non-hydrogen) atoms. The minimum atomic E-state index is -0.960. The topological polar surface area (TPSA) is 74.2 Å². The number of carbonyl (C=O) groups is 1. The number of benzene rings is 1. The number of hydrogen-bond acceptors (Lipinski definition) is 5. The smallest absolute Gasteiger partial charge is 0.341 e. The molecule has 0 aromatic heterocycles. The lowest BCUT2D eigenvalue weighted by molar-refractivity contribution is -0.247. The van der Waals surface area contributed by atoms with Gasteiger partial charge in [0.25, 0.3) is 0 Å². The summed E-state index contributed by atoms with van der Waals surface area (Å²) >= 11 is 0. The first-order chi connectivity index (χ1) is 8.70. The van der Waals surface area contributed by atoms with Gasteiger partial charge in [-0.25, -0.2) is 4.79 Å². The molecule has 0 atom stereocenters. The van der Waals surface area contributed by atoms with Crippen molar-refractivity contribution in [2.24, 2.45) is 0 Å². The number of carboxylic acid groups (broad SMARTS) is 1. The van der Waals surface area contributed by atoms with Gasteiger partial charge in [-0.2, -0.15) is 0 Å². The number of carboxylic acids is 1. The average Bonchev–Trinajstić information content (AvgIpc) is 2.40. The van der Waals surface area contributed by atoms with E-state index in [0.717, 1.165) is 5.56 Å². The molecule has 0 spiro atoms. The molecule has 6 nitrogen and oxygen atoms in total. The van der Waals surface area contributed by atoms with E-state index in [1.807, 2.05) is 25.1 Å². The van der Waals surface area contributed by atoms with Crippen LogP contribution in [0.15, 0.2) is 24.3 Å². The highest BCUT2D eigenvalue weighted by Crippen LogP contribution is 2.15. The Morgan fingerprint density at radius 3 is 2.22 bits per heavy atom. The summed E-state index contributed by atoms with van der Waals surface area (Å²) in [4.78, 5) is 10.2. The van der Waals surface area contributed by atoms with Gasteiger partial charge in [-0.1, -0.05) is 18.2 Å². The molecule has 0 radical (unpaired) electrons. The molecule has 1 N–H and O–H groups in total. The van der Waals surface area contributed by atoms with Crippen molar-refractivity contribution in [3.63, 3.8) is 0 Å². The number of ether oxygens (including phenoxy) is 4. The molecule has 1 aliphatic heterocycles. The van der Waals surface area contributed by atoms with Crippen molar-refractivity contribution in [3.8, 4) is 5.75 Å². The van der Waals surface area contributed by atoms with Crippen LogP contribution in [0.1, 0.15) is 5.56 Å². The predicted molar refractivity (Wildman–Crippen MR) is 62.2 cm³/mol. The lowest BCUT2D eigenvalue weighted by Gasteiger charge is -2.10. The molecule has 1 heterocycles. The normalized spacial score (nSPS) is 14.3. The lowest BCUT2D eigenvalue weighted by atomic mass is 10.2. The van der Waals surface area contributed by atoms with E-state index >= 15 is 0 Å². The first-order valence-corrected chi connectivity index (χ1v) is 5.33. The van der Waals surface area contributed by atoms with Crippen LogP contribution in [0.3, 0.4) is 0 Å². The van der Waals surface area contributed by atoms with Gasteiger partial charge in [0.15, 0.2) is 27.0 Å².